The van der Waals surface area contributed by atoms with E-state index in [2.05, 4.69) is 15.6 Å². The highest BCUT2D eigenvalue weighted by atomic mass is 16.5. The first-order valence-corrected chi connectivity index (χ1v) is 7.52. The molecule has 1 aromatic heterocycles. The van der Waals surface area contributed by atoms with Crippen molar-refractivity contribution in [2.45, 2.75) is 13.0 Å². The Morgan fingerprint density at radius 1 is 1.04 bits per heavy atom. The van der Waals surface area contributed by atoms with E-state index in [4.69, 9.17) is 10.00 Å². The average Bonchev–Trinajstić information content (AvgIpc) is 3.04. The second-order valence-electron chi connectivity index (χ2n) is 5.19. The summed E-state index contributed by atoms with van der Waals surface area (Å²) in [7, 11) is 0. The Labute approximate surface area is 135 Å². The first-order chi connectivity index (χ1) is 11.3. The molecule has 0 fully saturated rings. The second-order valence-corrected chi connectivity index (χ2v) is 5.19. The molecule has 0 aliphatic rings. The van der Waals surface area contributed by atoms with E-state index in [9.17, 15) is 0 Å². The number of imidazole rings is 1. The number of benzene rings is 2. The fourth-order valence-electron chi connectivity index (χ4n) is 2.37. The van der Waals surface area contributed by atoms with Crippen molar-refractivity contribution in [3.63, 3.8) is 0 Å². The molecule has 4 nitrogen and oxygen atoms in total. The number of ether oxygens (including phenoxy) is 1. The van der Waals surface area contributed by atoms with Crippen molar-refractivity contribution in [1.82, 2.24) is 9.55 Å². The lowest BCUT2D eigenvalue weighted by Gasteiger charge is -2.09. The Bertz CT molecular complexity index is 785. The van der Waals surface area contributed by atoms with Gasteiger partial charge in [-0.2, -0.15) is 5.26 Å². The van der Waals surface area contributed by atoms with Gasteiger partial charge < -0.3 is 9.30 Å². The van der Waals surface area contributed by atoms with Crippen molar-refractivity contribution >= 4 is 0 Å². The lowest BCUT2D eigenvalue weighted by Crippen LogP contribution is -2.09. The zero-order valence-electron chi connectivity index (χ0n) is 12.7. The number of hydrogen-bond acceptors (Lipinski definition) is 3. The monoisotopic (exact) mass is 303 g/mol. The minimum absolute atomic E-state index is 0.592. The smallest absolute Gasteiger partial charge is 0.119 e. The first kappa shape index (κ1) is 14.9. The molecule has 0 unspecified atom stereocenters. The summed E-state index contributed by atoms with van der Waals surface area (Å²) in [4.78, 5) is 4.41. The standard InChI is InChI=1S/C19H17N3O/c20-14-16-6-8-17(9-7-16)15-22-12-11-21-19(22)10-13-23-18-4-2-1-3-5-18/h1-9,11-12H,10,13,15H2. The second kappa shape index (κ2) is 7.28. The van der Waals surface area contributed by atoms with Gasteiger partial charge in [0.05, 0.1) is 18.2 Å². The summed E-state index contributed by atoms with van der Waals surface area (Å²) in [6.45, 7) is 1.33. The molecule has 23 heavy (non-hydrogen) atoms. The topological polar surface area (TPSA) is 50.8 Å². The van der Waals surface area contributed by atoms with E-state index in [1.165, 1.54) is 0 Å². The molecule has 0 aliphatic carbocycles. The van der Waals surface area contributed by atoms with Crippen molar-refractivity contribution in [1.29, 1.82) is 5.26 Å². The van der Waals surface area contributed by atoms with Gasteiger partial charge in [0, 0.05) is 25.4 Å². The maximum Gasteiger partial charge on any atom is 0.119 e. The highest BCUT2D eigenvalue weighted by Crippen LogP contribution is 2.11. The summed E-state index contributed by atoms with van der Waals surface area (Å²) in [5.74, 6) is 1.86. The average molecular weight is 303 g/mol. The highest BCUT2D eigenvalue weighted by molar-refractivity contribution is 5.31. The van der Waals surface area contributed by atoms with Crippen LogP contribution in [-0.4, -0.2) is 16.2 Å². The van der Waals surface area contributed by atoms with Crippen LogP contribution in [0.25, 0.3) is 0 Å². The number of nitrogens with zero attached hydrogens (tertiary/aromatic N) is 3. The zero-order valence-corrected chi connectivity index (χ0v) is 12.7. The van der Waals surface area contributed by atoms with Gasteiger partial charge in [0.25, 0.3) is 0 Å². The molecule has 0 saturated carbocycles. The lowest BCUT2D eigenvalue weighted by atomic mass is 10.1. The summed E-state index contributed by atoms with van der Waals surface area (Å²) in [6, 6.07) is 19.5. The van der Waals surface area contributed by atoms with Crippen molar-refractivity contribution in [3.8, 4) is 11.8 Å². The summed E-state index contributed by atoms with van der Waals surface area (Å²) in [6.07, 6.45) is 4.52. The van der Waals surface area contributed by atoms with Crippen LogP contribution in [0.5, 0.6) is 5.75 Å². The molecule has 1 heterocycles. The molecule has 0 bridgehead atoms. The van der Waals surface area contributed by atoms with Crippen LogP contribution < -0.4 is 4.74 Å². The number of aromatic nitrogens is 2. The van der Waals surface area contributed by atoms with Crippen molar-refractivity contribution in [3.05, 3.63) is 83.9 Å². The maximum absolute atomic E-state index is 8.84. The molecule has 0 amide bonds. The van der Waals surface area contributed by atoms with E-state index >= 15 is 0 Å². The molecule has 3 aromatic rings. The Hall–Kier alpha value is -3.06. The van der Waals surface area contributed by atoms with Crippen molar-refractivity contribution in [2.75, 3.05) is 6.61 Å². The Kier molecular flexibility index (Phi) is 4.70. The van der Waals surface area contributed by atoms with Crippen LogP contribution in [0.1, 0.15) is 17.0 Å². The van der Waals surface area contributed by atoms with Gasteiger partial charge in [-0.05, 0) is 29.8 Å². The van der Waals surface area contributed by atoms with E-state index in [1.54, 1.807) is 0 Å². The highest BCUT2D eigenvalue weighted by Gasteiger charge is 2.04. The zero-order chi connectivity index (χ0) is 15.9. The van der Waals surface area contributed by atoms with Gasteiger partial charge in [0.2, 0.25) is 0 Å². The molecular weight excluding hydrogens is 286 g/mol. The molecule has 4 heteroatoms. The Morgan fingerprint density at radius 2 is 1.83 bits per heavy atom. The van der Waals surface area contributed by atoms with Gasteiger partial charge >= 0.3 is 0 Å². The van der Waals surface area contributed by atoms with Crippen LogP contribution >= 0.6 is 0 Å². The molecule has 0 aliphatic heterocycles. The molecule has 0 radical (unpaired) electrons. The van der Waals surface area contributed by atoms with Crippen molar-refractivity contribution < 1.29 is 4.74 Å². The summed E-state index contributed by atoms with van der Waals surface area (Å²) in [5.41, 5.74) is 1.82. The number of para-hydroxylation sites is 1. The molecule has 114 valence electrons. The normalized spacial score (nSPS) is 10.2. The van der Waals surface area contributed by atoms with Crippen LogP contribution in [0.2, 0.25) is 0 Å². The van der Waals surface area contributed by atoms with E-state index < -0.39 is 0 Å². The quantitative estimate of drug-likeness (QED) is 0.701. The van der Waals surface area contributed by atoms with Gasteiger partial charge in [-0.25, -0.2) is 4.98 Å². The van der Waals surface area contributed by atoms with Crippen LogP contribution in [-0.2, 0) is 13.0 Å². The van der Waals surface area contributed by atoms with E-state index in [0.29, 0.717) is 12.2 Å². The van der Waals surface area contributed by atoms with Gasteiger partial charge in [-0.15, -0.1) is 0 Å². The lowest BCUT2D eigenvalue weighted by molar-refractivity contribution is 0.317. The molecule has 3 rings (SSSR count). The van der Waals surface area contributed by atoms with Crippen LogP contribution in [0.15, 0.2) is 67.0 Å². The summed E-state index contributed by atoms with van der Waals surface area (Å²) >= 11 is 0. The summed E-state index contributed by atoms with van der Waals surface area (Å²) < 4.78 is 7.83. The SMILES string of the molecule is N#Cc1ccc(Cn2ccnc2CCOc2ccccc2)cc1. The van der Waals surface area contributed by atoms with Crippen LogP contribution in [0.3, 0.4) is 0 Å². The maximum atomic E-state index is 8.84. The molecule has 0 saturated heterocycles. The van der Waals surface area contributed by atoms with E-state index in [1.807, 2.05) is 67.0 Å². The van der Waals surface area contributed by atoms with Crippen molar-refractivity contribution in [2.24, 2.45) is 0 Å². The van der Waals surface area contributed by atoms with Crippen LogP contribution in [0, 0.1) is 11.3 Å². The summed E-state index contributed by atoms with van der Waals surface area (Å²) in [5, 5.41) is 8.84. The number of rotatable bonds is 6. The third-order valence-electron chi connectivity index (χ3n) is 3.58. The third-order valence-corrected chi connectivity index (χ3v) is 3.58. The third kappa shape index (κ3) is 3.98. The molecular formula is C19H17N3O. The van der Waals surface area contributed by atoms with E-state index in [-0.39, 0.29) is 0 Å². The van der Waals surface area contributed by atoms with Gasteiger partial charge in [0.15, 0.2) is 0 Å². The van der Waals surface area contributed by atoms with E-state index in [0.717, 1.165) is 30.1 Å². The predicted octanol–water partition coefficient (Wildman–Crippen LogP) is 3.42. The largest absolute Gasteiger partial charge is 0.493 e. The van der Waals surface area contributed by atoms with Gasteiger partial charge in [0.1, 0.15) is 11.6 Å². The Balaban J connectivity index is 1.59. The predicted molar refractivity (Wildman–Crippen MR) is 88.1 cm³/mol. The molecule has 2 aromatic carbocycles. The minimum Gasteiger partial charge on any atom is -0.493 e. The van der Waals surface area contributed by atoms with Crippen LogP contribution in [0.4, 0.5) is 0 Å². The fourth-order valence-corrected chi connectivity index (χ4v) is 2.37. The molecule has 0 atom stereocenters. The molecule has 0 N–H and O–H groups in total. The number of hydrogen-bond donors (Lipinski definition) is 0. The Morgan fingerprint density at radius 3 is 2.57 bits per heavy atom. The molecule has 0 spiro atoms. The van der Waals surface area contributed by atoms with Gasteiger partial charge in [-0.3, -0.25) is 0 Å². The number of nitriles is 1. The first-order valence-electron chi connectivity index (χ1n) is 7.52. The van der Waals surface area contributed by atoms with Gasteiger partial charge in [-0.1, -0.05) is 30.3 Å². The fraction of sp³-hybridized carbons (Fsp3) is 0.158. The minimum atomic E-state index is 0.592.